The summed E-state index contributed by atoms with van der Waals surface area (Å²) in [6, 6.07) is 6.95. The Morgan fingerprint density at radius 1 is 1.35 bits per heavy atom. The molecule has 1 aliphatic heterocycles. The molecule has 0 radical (unpaired) electrons. The summed E-state index contributed by atoms with van der Waals surface area (Å²) in [6.45, 7) is 4.07. The van der Waals surface area contributed by atoms with E-state index >= 15 is 0 Å². The molecule has 1 aromatic carbocycles. The van der Waals surface area contributed by atoms with Gasteiger partial charge in [0.1, 0.15) is 5.75 Å². The van der Waals surface area contributed by atoms with E-state index < -0.39 is 15.3 Å². The first-order valence-electron chi connectivity index (χ1n) is 8.25. The summed E-state index contributed by atoms with van der Waals surface area (Å²) in [6.07, 6.45) is 0.544. The van der Waals surface area contributed by atoms with E-state index in [4.69, 9.17) is 4.74 Å². The van der Waals surface area contributed by atoms with E-state index in [0.717, 1.165) is 10.6 Å². The summed E-state index contributed by atoms with van der Waals surface area (Å²) in [5.74, 6) is 0.181. The van der Waals surface area contributed by atoms with Gasteiger partial charge in [-0.1, -0.05) is 12.1 Å². The van der Waals surface area contributed by atoms with Gasteiger partial charge in [-0.05, 0) is 26.0 Å². The molecule has 26 heavy (non-hydrogen) atoms. The van der Waals surface area contributed by atoms with Gasteiger partial charge in [0.2, 0.25) is 10.0 Å². The summed E-state index contributed by atoms with van der Waals surface area (Å²) >= 11 is 1.31. The number of sulfonamides is 1. The molecule has 1 aromatic heterocycles. The second-order valence-electron chi connectivity index (χ2n) is 6.22. The number of para-hydroxylation sites is 1. The van der Waals surface area contributed by atoms with Crippen LogP contribution < -0.4 is 10.1 Å². The molecule has 1 aliphatic rings. The Bertz CT molecular complexity index is 922. The molecule has 140 valence electrons. The molecule has 0 unspecified atom stereocenters. The molecule has 0 spiro atoms. The molecule has 0 aliphatic carbocycles. The van der Waals surface area contributed by atoms with Crippen LogP contribution in [-0.4, -0.2) is 42.5 Å². The predicted molar refractivity (Wildman–Crippen MR) is 101 cm³/mol. The van der Waals surface area contributed by atoms with Crippen molar-refractivity contribution in [3.63, 3.8) is 0 Å². The lowest BCUT2D eigenvalue weighted by Gasteiger charge is -2.26. The molecular formula is C17H21N3O4S2. The van der Waals surface area contributed by atoms with Crippen molar-refractivity contribution < 1.29 is 17.9 Å². The Morgan fingerprint density at radius 3 is 2.77 bits per heavy atom. The quantitative estimate of drug-likeness (QED) is 0.840. The maximum atomic E-state index is 12.5. The number of methoxy groups -OCH3 is 1. The van der Waals surface area contributed by atoms with Crippen molar-refractivity contribution in [3.05, 3.63) is 40.4 Å². The number of anilines is 1. The minimum atomic E-state index is -3.30. The molecular weight excluding hydrogens is 374 g/mol. The normalized spacial score (nSPS) is 14.9. The van der Waals surface area contributed by atoms with Crippen molar-refractivity contribution in [2.45, 2.75) is 32.1 Å². The SMILES string of the molecule is COc1ccccc1C(=O)Nc1nc2c(s1)CN(S(=O)(=O)C(C)C)CC2. The van der Waals surface area contributed by atoms with Gasteiger partial charge in [-0.2, -0.15) is 4.31 Å². The Kier molecular flexibility index (Phi) is 5.31. The van der Waals surface area contributed by atoms with Crippen LogP contribution in [0, 0.1) is 0 Å². The van der Waals surface area contributed by atoms with Crippen LogP contribution in [0.2, 0.25) is 0 Å². The van der Waals surface area contributed by atoms with Crippen LogP contribution in [-0.2, 0) is 23.0 Å². The van der Waals surface area contributed by atoms with Gasteiger partial charge >= 0.3 is 0 Å². The number of hydrogen-bond donors (Lipinski definition) is 1. The van der Waals surface area contributed by atoms with Gasteiger partial charge in [-0.25, -0.2) is 13.4 Å². The molecule has 9 heteroatoms. The van der Waals surface area contributed by atoms with Crippen LogP contribution >= 0.6 is 11.3 Å². The van der Waals surface area contributed by atoms with Crippen LogP contribution in [0.25, 0.3) is 0 Å². The number of ether oxygens (including phenoxy) is 1. The fraction of sp³-hybridized carbons (Fsp3) is 0.412. The number of benzene rings is 1. The zero-order chi connectivity index (χ0) is 18.9. The highest BCUT2D eigenvalue weighted by Gasteiger charge is 2.31. The summed E-state index contributed by atoms with van der Waals surface area (Å²) < 4.78 is 31.4. The van der Waals surface area contributed by atoms with Gasteiger partial charge in [0.25, 0.3) is 5.91 Å². The number of nitrogens with zero attached hydrogens (tertiary/aromatic N) is 2. The van der Waals surface area contributed by atoms with Crippen molar-refractivity contribution in [2.75, 3.05) is 19.0 Å². The first-order chi connectivity index (χ1) is 12.3. The van der Waals surface area contributed by atoms with E-state index in [2.05, 4.69) is 10.3 Å². The zero-order valence-electron chi connectivity index (χ0n) is 14.9. The van der Waals surface area contributed by atoms with Gasteiger partial charge in [-0.15, -0.1) is 11.3 Å². The topological polar surface area (TPSA) is 88.6 Å². The summed E-state index contributed by atoms with van der Waals surface area (Å²) in [5, 5.41) is 2.80. The van der Waals surface area contributed by atoms with Crippen LogP contribution in [0.3, 0.4) is 0 Å². The minimum Gasteiger partial charge on any atom is -0.496 e. The third-order valence-electron chi connectivity index (χ3n) is 4.22. The van der Waals surface area contributed by atoms with Gasteiger partial charge in [0, 0.05) is 24.4 Å². The van der Waals surface area contributed by atoms with Crippen molar-refractivity contribution >= 4 is 32.4 Å². The Hall–Kier alpha value is -1.97. The zero-order valence-corrected chi connectivity index (χ0v) is 16.5. The molecule has 2 heterocycles. The minimum absolute atomic E-state index is 0.304. The standard InChI is InChI=1S/C17H21N3O4S2/c1-11(2)26(22,23)20-9-8-13-15(10-20)25-17(18-13)19-16(21)12-6-4-5-7-14(12)24-3/h4-7,11H,8-10H2,1-3H3,(H,18,19,21). The highest BCUT2D eigenvalue weighted by Crippen LogP contribution is 2.31. The molecule has 0 bridgehead atoms. The number of rotatable bonds is 5. The molecule has 7 nitrogen and oxygen atoms in total. The summed E-state index contributed by atoms with van der Waals surface area (Å²) in [5.41, 5.74) is 1.27. The lowest BCUT2D eigenvalue weighted by atomic mass is 10.2. The molecule has 0 atom stereocenters. The van der Waals surface area contributed by atoms with Gasteiger partial charge in [-0.3, -0.25) is 10.1 Å². The van der Waals surface area contributed by atoms with E-state index in [1.807, 2.05) is 0 Å². The molecule has 1 N–H and O–H groups in total. The van der Waals surface area contributed by atoms with Gasteiger partial charge in [0.05, 0.1) is 23.6 Å². The van der Waals surface area contributed by atoms with Crippen LogP contribution in [0.15, 0.2) is 24.3 Å². The van der Waals surface area contributed by atoms with Crippen molar-refractivity contribution in [3.8, 4) is 5.75 Å². The fourth-order valence-corrected chi connectivity index (χ4v) is 5.09. The fourth-order valence-electron chi connectivity index (χ4n) is 2.74. The predicted octanol–water partition coefficient (Wildman–Crippen LogP) is 2.50. The van der Waals surface area contributed by atoms with Crippen LogP contribution in [0.1, 0.15) is 34.8 Å². The second kappa shape index (κ2) is 7.34. The maximum absolute atomic E-state index is 12.5. The Morgan fingerprint density at radius 2 is 2.08 bits per heavy atom. The highest BCUT2D eigenvalue weighted by atomic mass is 32.2. The number of nitrogens with one attached hydrogen (secondary N) is 1. The molecule has 0 fully saturated rings. The monoisotopic (exact) mass is 395 g/mol. The number of thiazole rings is 1. The molecule has 1 amide bonds. The lowest BCUT2D eigenvalue weighted by molar-refractivity contribution is 0.102. The summed E-state index contributed by atoms with van der Waals surface area (Å²) in [7, 11) is -1.79. The molecule has 3 rings (SSSR count). The number of carbonyl (C=O) groups is 1. The number of fused-ring (bicyclic) bond motifs is 1. The molecule has 2 aromatic rings. The van der Waals surface area contributed by atoms with Crippen molar-refractivity contribution in [1.29, 1.82) is 0 Å². The van der Waals surface area contributed by atoms with E-state index in [0.29, 0.717) is 36.0 Å². The average molecular weight is 396 g/mol. The van der Waals surface area contributed by atoms with Gasteiger partial charge in [0.15, 0.2) is 5.13 Å². The van der Waals surface area contributed by atoms with E-state index in [-0.39, 0.29) is 5.91 Å². The Labute approximate surface area is 157 Å². The first-order valence-corrected chi connectivity index (χ1v) is 10.6. The van der Waals surface area contributed by atoms with Crippen LogP contribution in [0.5, 0.6) is 5.75 Å². The van der Waals surface area contributed by atoms with Gasteiger partial charge < -0.3 is 4.74 Å². The third-order valence-corrected chi connectivity index (χ3v) is 7.44. The van der Waals surface area contributed by atoms with Crippen molar-refractivity contribution in [1.82, 2.24) is 9.29 Å². The third kappa shape index (κ3) is 3.60. The Balaban J connectivity index is 1.77. The average Bonchev–Trinajstić information content (AvgIpc) is 3.02. The highest BCUT2D eigenvalue weighted by molar-refractivity contribution is 7.89. The maximum Gasteiger partial charge on any atom is 0.261 e. The lowest BCUT2D eigenvalue weighted by Crippen LogP contribution is -2.39. The molecule has 0 saturated carbocycles. The number of amides is 1. The molecule has 0 saturated heterocycles. The van der Waals surface area contributed by atoms with E-state index in [1.165, 1.54) is 22.8 Å². The van der Waals surface area contributed by atoms with E-state index in [9.17, 15) is 13.2 Å². The first kappa shape index (κ1) is 18.8. The summed E-state index contributed by atoms with van der Waals surface area (Å²) in [4.78, 5) is 17.8. The van der Waals surface area contributed by atoms with Crippen LogP contribution in [0.4, 0.5) is 5.13 Å². The smallest absolute Gasteiger partial charge is 0.261 e. The number of aromatic nitrogens is 1. The number of carbonyl (C=O) groups excluding carboxylic acids is 1. The number of hydrogen-bond acceptors (Lipinski definition) is 6. The van der Waals surface area contributed by atoms with E-state index in [1.54, 1.807) is 38.1 Å². The largest absolute Gasteiger partial charge is 0.496 e. The van der Waals surface area contributed by atoms with Crippen molar-refractivity contribution in [2.24, 2.45) is 0 Å². The second-order valence-corrected chi connectivity index (χ2v) is 9.79.